The van der Waals surface area contributed by atoms with E-state index in [4.69, 9.17) is 42.6 Å². The van der Waals surface area contributed by atoms with Gasteiger partial charge in [-0.05, 0) is 87.3 Å². The minimum Gasteiger partial charge on any atom is -0.496 e. The molecule has 2 aromatic rings. The Morgan fingerprint density at radius 1 is 0.754 bits per heavy atom. The maximum absolute atomic E-state index is 13.2. The Labute approximate surface area is 381 Å². The lowest BCUT2D eigenvalue weighted by molar-refractivity contribution is -0.166. The molecule has 0 bridgehead atoms. The molecule has 1 heterocycles. The molecule has 16 nitrogen and oxygen atoms in total. The molecule has 65 heavy (non-hydrogen) atoms. The molecule has 0 radical (unpaired) electrons. The first-order valence-corrected chi connectivity index (χ1v) is 22.1. The SMILES string of the molecule is COC(=O)CC/C(C)=C/Cc1c(OC)c(C)c2c(c1OC(=O)OCc1cc(C)c(OC(=O)C(C)CCCCCCCC(C)CC(=O)OC(COC(C)=O)COC(C)=O)c(C)c1)C(=O)OC2. The zero-order chi connectivity index (χ0) is 48.2. The van der Waals surface area contributed by atoms with Crippen molar-refractivity contribution in [2.24, 2.45) is 11.8 Å². The lowest BCUT2D eigenvalue weighted by Crippen LogP contribution is -2.30. The van der Waals surface area contributed by atoms with E-state index in [0.29, 0.717) is 57.7 Å². The van der Waals surface area contributed by atoms with Crippen molar-refractivity contribution in [3.63, 3.8) is 0 Å². The van der Waals surface area contributed by atoms with Gasteiger partial charge in [-0.1, -0.05) is 64.0 Å². The summed E-state index contributed by atoms with van der Waals surface area (Å²) in [5.41, 5.74) is 4.72. The van der Waals surface area contributed by atoms with Crippen LogP contribution in [0.5, 0.6) is 17.2 Å². The van der Waals surface area contributed by atoms with Crippen LogP contribution in [0.4, 0.5) is 4.79 Å². The van der Waals surface area contributed by atoms with Crippen LogP contribution in [0.25, 0.3) is 0 Å². The van der Waals surface area contributed by atoms with Gasteiger partial charge in [-0.15, -0.1) is 0 Å². The molecule has 0 saturated carbocycles. The fourth-order valence-electron chi connectivity index (χ4n) is 7.39. The Morgan fingerprint density at radius 2 is 1.37 bits per heavy atom. The number of unbranched alkanes of at least 4 members (excludes halogenated alkanes) is 4. The Hall–Kier alpha value is -5.93. The molecule has 2 aromatic carbocycles. The number of hydrogen-bond donors (Lipinski definition) is 0. The zero-order valence-electron chi connectivity index (χ0n) is 39.6. The molecule has 16 heteroatoms. The first-order valence-electron chi connectivity index (χ1n) is 22.1. The number of hydrogen-bond acceptors (Lipinski definition) is 16. The summed E-state index contributed by atoms with van der Waals surface area (Å²) in [5, 5.41) is 0. The lowest BCUT2D eigenvalue weighted by Gasteiger charge is -2.19. The third-order valence-corrected chi connectivity index (χ3v) is 11.0. The number of carbonyl (C=O) groups excluding carboxylic acids is 7. The standard InChI is InChI=1S/C49H66O16/c1-29(19-21-41(52)57-9)18-20-39-45(58-10)34(6)40-28-61-48(55)43(40)46(39)65-49(56)62-25-37-23-32(4)44(33(5)24-37)64-47(54)31(3)17-15-13-11-12-14-16-30(2)22-42(53)63-38(26-59-35(7)50)27-60-36(8)51/h18,23-24,30-31,38H,11-17,19-22,25-28H2,1-10H3/b29-18+. The molecule has 2 unspecified atom stereocenters. The Kier molecular flexibility index (Phi) is 22.0. The van der Waals surface area contributed by atoms with Gasteiger partial charge in [-0.25, -0.2) is 9.59 Å². The molecule has 3 rings (SSSR count). The molecule has 1 aliphatic heterocycles. The van der Waals surface area contributed by atoms with Crippen LogP contribution in [0.1, 0.15) is 143 Å². The van der Waals surface area contributed by atoms with Crippen molar-refractivity contribution in [2.75, 3.05) is 27.4 Å². The molecule has 358 valence electrons. The van der Waals surface area contributed by atoms with Gasteiger partial charge in [0.05, 0.1) is 20.1 Å². The number of aryl methyl sites for hydroxylation is 2. The number of rotatable bonds is 26. The maximum atomic E-state index is 13.2. The van der Waals surface area contributed by atoms with Crippen LogP contribution >= 0.6 is 0 Å². The van der Waals surface area contributed by atoms with Gasteiger partial charge in [0.2, 0.25) is 0 Å². The maximum Gasteiger partial charge on any atom is 0.514 e. The van der Waals surface area contributed by atoms with E-state index in [9.17, 15) is 33.6 Å². The summed E-state index contributed by atoms with van der Waals surface area (Å²) in [7, 11) is 2.82. The highest BCUT2D eigenvalue weighted by Gasteiger charge is 2.34. The second kappa shape index (κ2) is 26.8. The molecule has 0 aromatic heterocycles. The van der Waals surface area contributed by atoms with Crippen molar-refractivity contribution in [2.45, 2.75) is 145 Å². The number of esters is 6. The molecule has 0 spiro atoms. The number of carbonyl (C=O) groups is 7. The average molecular weight is 911 g/mol. The Bertz CT molecular complexity index is 2010. The van der Waals surface area contributed by atoms with Gasteiger partial charge in [0, 0.05) is 37.8 Å². The van der Waals surface area contributed by atoms with Crippen molar-refractivity contribution in [3.05, 3.63) is 62.7 Å². The van der Waals surface area contributed by atoms with E-state index >= 15 is 0 Å². The summed E-state index contributed by atoms with van der Waals surface area (Å²) in [6.07, 6.45) is 7.21. The van der Waals surface area contributed by atoms with Crippen LogP contribution < -0.4 is 14.2 Å². The number of benzene rings is 2. The zero-order valence-corrected chi connectivity index (χ0v) is 39.6. The molecular weight excluding hydrogens is 845 g/mol. The van der Waals surface area contributed by atoms with Crippen LogP contribution in [-0.2, 0) is 72.0 Å². The van der Waals surface area contributed by atoms with E-state index in [1.807, 2.05) is 26.8 Å². The van der Waals surface area contributed by atoms with Crippen molar-refractivity contribution in [3.8, 4) is 17.2 Å². The smallest absolute Gasteiger partial charge is 0.496 e. The number of allylic oxidation sites excluding steroid dienone is 2. The van der Waals surface area contributed by atoms with Crippen LogP contribution in [0.2, 0.25) is 0 Å². The minimum absolute atomic E-state index is 0.00274. The Morgan fingerprint density at radius 3 is 1.97 bits per heavy atom. The highest BCUT2D eigenvalue weighted by Crippen LogP contribution is 2.43. The van der Waals surface area contributed by atoms with Crippen LogP contribution in [0.15, 0.2) is 23.8 Å². The van der Waals surface area contributed by atoms with Crippen LogP contribution in [0, 0.1) is 32.6 Å². The van der Waals surface area contributed by atoms with Gasteiger partial charge in [0.1, 0.15) is 43.5 Å². The second-order valence-corrected chi connectivity index (χ2v) is 16.6. The first-order chi connectivity index (χ1) is 30.8. The van der Waals surface area contributed by atoms with E-state index < -0.39 is 36.1 Å². The van der Waals surface area contributed by atoms with E-state index in [0.717, 1.165) is 44.1 Å². The molecule has 0 amide bonds. The summed E-state index contributed by atoms with van der Waals surface area (Å²) >= 11 is 0. The third kappa shape index (κ3) is 17.5. The molecule has 0 saturated heterocycles. The van der Waals surface area contributed by atoms with Gasteiger partial charge in [-0.2, -0.15) is 0 Å². The summed E-state index contributed by atoms with van der Waals surface area (Å²) < 4.78 is 48.1. The molecule has 0 aliphatic carbocycles. The summed E-state index contributed by atoms with van der Waals surface area (Å²) in [6.45, 7) is 13.0. The van der Waals surface area contributed by atoms with Crippen LogP contribution in [-0.4, -0.2) is 75.5 Å². The second-order valence-electron chi connectivity index (χ2n) is 16.6. The minimum atomic E-state index is -1.04. The topological polar surface area (TPSA) is 203 Å². The molecule has 1 aliphatic rings. The number of ether oxygens (including phenoxy) is 9. The fraction of sp³-hybridized carbons (Fsp3) is 0.571. The molecule has 2 atom stereocenters. The average Bonchev–Trinajstić information content (AvgIpc) is 3.65. The van der Waals surface area contributed by atoms with Crippen molar-refractivity contribution < 1.29 is 76.2 Å². The number of fused-ring (bicyclic) bond motifs is 1. The van der Waals surface area contributed by atoms with E-state index in [2.05, 4.69) is 0 Å². The molecule has 0 fully saturated rings. The van der Waals surface area contributed by atoms with Crippen molar-refractivity contribution in [1.29, 1.82) is 0 Å². The largest absolute Gasteiger partial charge is 0.514 e. The van der Waals surface area contributed by atoms with Crippen molar-refractivity contribution >= 4 is 42.0 Å². The molecular formula is C49H66O16. The predicted molar refractivity (Wildman–Crippen MR) is 236 cm³/mol. The van der Waals surface area contributed by atoms with Gasteiger partial charge in [0.15, 0.2) is 11.9 Å². The highest BCUT2D eigenvalue weighted by atomic mass is 16.7. The number of methoxy groups -OCH3 is 2. The van der Waals surface area contributed by atoms with Gasteiger partial charge in [0.25, 0.3) is 0 Å². The Balaban J connectivity index is 1.48. The summed E-state index contributed by atoms with van der Waals surface area (Å²) in [5.74, 6) is -2.18. The number of cyclic esters (lactones) is 1. The molecule has 0 N–H and O–H groups in total. The normalized spacial score (nSPS) is 13.0. The van der Waals surface area contributed by atoms with Gasteiger partial charge >= 0.3 is 42.0 Å². The van der Waals surface area contributed by atoms with E-state index in [1.165, 1.54) is 28.1 Å². The van der Waals surface area contributed by atoms with Gasteiger partial charge < -0.3 is 42.6 Å². The highest BCUT2D eigenvalue weighted by molar-refractivity contribution is 5.99. The summed E-state index contributed by atoms with van der Waals surface area (Å²) in [4.78, 5) is 85.7. The van der Waals surface area contributed by atoms with Crippen molar-refractivity contribution in [1.82, 2.24) is 0 Å². The predicted octanol–water partition coefficient (Wildman–Crippen LogP) is 8.78. The lowest BCUT2D eigenvalue weighted by atomic mass is 9.94. The van der Waals surface area contributed by atoms with Crippen LogP contribution in [0.3, 0.4) is 0 Å². The monoisotopic (exact) mass is 910 g/mol. The quantitative estimate of drug-likeness (QED) is 0.0216. The third-order valence-electron chi connectivity index (χ3n) is 11.0. The first kappa shape index (κ1) is 53.4. The fourth-order valence-corrected chi connectivity index (χ4v) is 7.39. The summed E-state index contributed by atoms with van der Waals surface area (Å²) in [6, 6.07) is 3.53. The van der Waals surface area contributed by atoms with E-state index in [-0.39, 0.29) is 80.8 Å². The van der Waals surface area contributed by atoms with Gasteiger partial charge in [-0.3, -0.25) is 24.0 Å². The van der Waals surface area contributed by atoms with E-state index in [1.54, 1.807) is 32.9 Å².